The van der Waals surface area contributed by atoms with Crippen LogP contribution in [0.15, 0.2) is 17.2 Å². The lowest BCUT2D eigenvalue weighted by Gasteiger charge is -2.06. The van der Waals surface area contributed by atoms with Crippen molar-refractivity contribution < 1.29 is 8.42 Å². The highest BCUT2D eigenvalue weighted by Gasteiger charge is 2.39. The molecule has 118 valence electrons. The molecule has 2 aliphatic rings. The molecule has 3 rings (SSSR count). The summed E-state index contributed by atoms with van der Waals surface area (Å²) in [5, 5.41) is 3.45. The van der Waals surface area contributed by atoms with Crippen LogP contribution in [0.1, 0.15) is 45.2 Å². The molecule has 2 fully saturated rings. The van der Waals surface area contributed by atoms with Crippen LogP contribution in [0.4, 0.5) is 0 Å². The highest BCUT2D eigenvalue weighted by molar-refractivity contribution is 7.89. The highest BCUT2D eigenvalue weighted by atomic mass is 32.2. The Kier molecular flexibility index (Phi) is 4.12. The Morgan fingerprint density at radius 3 is 2.67 bits per heavy atom. The van der Waals surface area contributed by atoms with E-state index in [1.54, 1.807) is 6.20 Å². The highest BCUT2D eigenvalue weighted by Crippen LogP contribution is 2.34. The first-order valence-electron chi connectivity index (χ1n) is 7.98. The molecule has 2 aliphatic carbocycles. The van der Waals surface area contributed by atoms with Crippen molar-refractivity contribution in [3.63, 3.8) is 0 Å². The Labute approximate surface area is 127 Å². The van der Waals surface area contributed by atoms with Crippen LogP contribution in [0.5, 0.6) is 0 Å². The topological polar surface area (TPSA) is 63.1 Å². The van der Waals surface area contributed by atoms with E-state index < -0.39 is 10.0 Å². The van der Waals surface area contributed by atoms with Crippen LogP contribution in [0, 0.1) is 5.92 Å². The van der Waals surface area contributed by atoms with E-state index in [0.29, 0.717) is 16.9 Å². The molecule has 2 N–H and O–H groups in total. The smallest absolute Gasteiger partial charge is 0.242 e. The van der Waals surface area contributed by atoms with Gasteiger partial charge in [-0.15, -0.1) is 0 Å². The van der Waals surface area contributed by atoms with E-state index in [0.717, 1.165) is 31.6 Å². The molecule has 2 saturated carbocycles. The largest absolute Gasteiger partial charge is 0.349 e. The third-order valence-electron chi connectivity index (χ3n) is 4.51. The summed E-state index contributed by atoms with van der Waals surface area (Å²) in [5.41, 5.74) is 1.05. The zero-order valence-corrected chi connectivity index (χ0v) is 13.6. The van der Waals surface area contributed by atoms with E-state index in [2.05, 4.69) is 17.0 Å². The molecule has 0 radical (unpaired) electrons. The number of hydrogen-bond donors (Lipinski definition) is 2. The van der Waals surface area contributed by atoms with Crippen LogP contribution in [0.2, 0.25) is 0 Å². The summed E-state index contributed by atoms with van der Waals surface area (Å²) in [6.07, 6.45) is 6.24. The maximum Gasteiger partial charge on any atom is 0.242 e. The van der Waals surface area contributed by atoms with Crippen LogP contribution in [-0.4, -0.2) is 25.1 Å². The van der Waals surface area contributed by atoms with Crippen LogP contribution in [0.3, 0.4) is 0 Å². The third kappa shape index (κ3) is 3.49. The van der Waals surface area contributed by atoms with E-state index in [4.69, 9.17) is 0 Å². The van der Waals surface area contributed by atoms with E-state index in [1.165, 1.54) is 12.8 Å². The predicted octanol–water partition coefficient (Wildman–Crippen LogP) is 1.84. The number of nitrogens with one attached hydrogen (secondary N) is 2. The van der Waals surface area contributed by atoms with Crippen LogP contribution in [-0.2, 0) is 23.1 Å². The number of hydrogen-bond acceptors (Lipinski definition) is 3. The molecule has 0 spiro atoms. The van der Waals surface area contributed by atoms with Gasteiger partial charge in [-0.25, -0.2) is 13.1 Å². The molecule has 2 unspecified atom stereocenters. The minimum absolute atomic E-state index is 0.137. The number of sulfonamides is 1. The van der Waals surface area contributed by atoms with Gasteiger partial charge >= 0.3 is 0 Å². The maximum absolute atomic E-state index is 12.4. The van der Waals surface area contributed by atoms with Gasteiger partial charge in [0.2, 0.25) is 10.0 Å². The third-order valence-corrected chi connectivity index (χ3v) is 5.97. The fourth-order valence-corrected chi connectivity index (χ4v) is 4.14. The van der Waals surface area contributed by atoms with Crippen LogP contribution in [0.25, 0.3) is 0 Å². The van der Waals surface area contributed by atoms with E-state index in [1.807, 2.05) is 17.6 Å². The Balaban J connectivity index is 1.71. The lowest BCUT2D eigenvalue weighted by molar-refractivity contribution is 0.575. The van der Waals surface area contributed by atoms with Crippen LogP contribution < -0.4 is 10.0 Å². The number of nitrogens with zero attached hydrogens (tertiary/aromatic N) is 1. The molecular weight excluding hydrogens is 286 g/mol. The molecule has 2 atom stereocenters. The second-order valence-corrected chi connectivity index (χ2v) is 7.95. The Morgan fingerprint density at radius 1 is 1.33 bits per heavy atom. The molecule has 0 saturated heterocycles. The van der Waals surface area contributed by atoms with Gasteiger partial charge in [0.05, 0.1) is 4.90 Å². The molecular formula is C15H25N3O2S. The summed E-state index contributed by atoms with van der Waals surface area (Å²) < 4.78 is 29.7. The molecule has 6 heteroatoms. The molecule has 0 aliphatic heterocycles. The van der Waals surface area contributed by atoms with E-state index in [-0.39, 0.29) is 6.04 Å². The van der Waals surface area contributed by atoms with Gasteiger partial charge in [-0.05, 0) is 38.2 Å². The Bertz CT molecular complexity index is 604. The van der Waals surface area contributed by atoms with Gasteiger partial charge in [-0.2, -0.15) is 0 Å². The fraction of sp³-hybridized carbons (Fsp3) is 0.733. The minimum atomic E-state index is -3.37. The zero-order chi connectivity index (χ0) is 15.0. The van der Waals surface area contributed by atoms with Crippen molar-refractivity contribution in [2.75, 3.05) is 0 Å². The Hall–Kier alpha value is -0.850. The summed E-state index contributed by atoms with van der Waals surface area (Å²) >= 11 is 0. The quantitative estimate of drug-likeness (QED) is 0.770. The second kappa shape index (κ2) is 5.74. The Morgan fingerprint density at radius 2 is 2.10 bits per heavy atom. The van der Waals surface area contributed by atoms with Crippen molar-refractivity contribution in [3.05, 3.63) is 18.0 Å². The number of aromatic nitrogens is 1. The fourth-order valence-electron chi connectivity index (χ4n) is 2.76. The number of rotatable bonds is 8. The van der Waals surface area contributed by atoms with Gasteiger partial charge in [-0.1, -0.05) is 13.3 Å². The minimum Gasteiger partial charge on any atom is -0.349 e. The molecule has 21 heavy (non-hydrogen) atoms. The molecule has 5 nitrogen and oxygen atoms in total. The first-order chi connectivity index (χ1) is 10.0. The summed E-state index contributed by atoms with van der Waals surface area (Å²) in [4.78, 5) is 0.402. The lowest BCUT2D eigenvalue weighted by Crippen LogP contribution is -2.26. The molecule has 0 aromatic carbocycles. The summed E-state index contributed by atoms with van der Waals surface area (Å²) in [5.74, 6) is 0.518. The van der Waals surface area contributed by atoms with E-state index in [9.17, 15) is 8.42 Å². The SMILES string of the molecule is CCC1CC1NS(=O)(=O)c1cc(CNC2CC2)n(CC)c1. The van der Waals surface area contributed by atoms with Crippen molar-refractivity contribution >= 4 is 10.0 Å². The predicted molar refractivity (Wildman–Crippen MR) is 82.5 cm³/mol. The average Bonchev–Trinajstić information content (AvgIpc) is 3.36. The maximum atomic E-state index is 12.4. The zero-order valence-electron chi connectivity index (χ0n) is 12.8. The van der Waals surface area contributed by atoms with E-state index >= 15 is 0 Å². The molecule has 1 heterocycles. The first-order valence-corrected chi connectivity index (χ1v) is 9.46. The monoisotopic (exact) mass is 311 g/mol. The van der Waals surface area contributed by atoms with Gasteiger partial charge in [-0.3, -0.25) is 0 Å². The van der Waals surface area contributed by atoms with Gasteiger partial charge < -0.3 is 9.88 Å². The van der Waals surface area contributed by atoms with Crippen molar-refractivity contribution in [3.8, 4) is 0 Å². The number of aryl methyl sites for hydroxylation is 1. The normalized spacial score (nSPS) is 25.2. The molecule has 1 aromatic rings. The lowest BCUT2D eigenvalue weighted by atomic mass is 10.3. The molecule has 0 amide bonds. The van der Waals surface area contributed by atoms with Crippen molar-refractivity contribution in [1.29, 1.82) is 0 Å². The summed E-state index contributed by atoms with van der Waals surface area (Å²) in [6.45, 7) is 5.68. The van der Waals surface area contributed by atoms with Crippen molar-refractivity contribution in [1.82, 2.24) is 14.6 Å². The average molecular weight is 311 g/mol. The molecule has 1 aromatic heterocycles. The van der Waals surface area contributed by atoms with Crippen molar-refractivity contribution in [2.24, 2.45) is 5.92 Å². The van der Waals surface area contributed by atoms with Gasteiger partial charge in [0.1, 0.15) is 0 Å². The first kappa shape index (κ1) is 15.1. The standard InChI is InChI=1S/C15H25N3O2S/c1-3-11-7-15(11)17-21(19,20)14-8-13(18(4-2)10-14)9-16-12-5-6-12/h8,10-12,15-17H,3-7,9H2,1-2H3. The van der Waals surface area contributed by atoms with Crippen molar-refractivity contribution in [2.45, 2.75) is 69.6 Å². The van der Waals surface area contributed by atoms with Gasteiger partial charge in [0, 0.05) is 37.1 Å². The summed E-state index contributed by atoms with van der Waals surface area (Å²) in [6, 6.07) is 2.57. The molecule has 0 bridgehead atoms. The second-order valence-electron chi connectivity index (χ2n) is 6.24. The van der Waals surface area contributed by atoms with Crippen LogP contribution >= 0.6 is 0 Å². The summed E-state index contributed by atoms with van der Waals surface area (Å²) in [7, 11) is -3.37. The van der Waals surface area contributed by atoms with Gasteiger partial charge in [0.15, 0.2) is 0 Å². The van der Waals surface area contributed by atoms with Gasteiger partial charge in [0.25, 0.3) is 0 Å².